The molecule has 2 fully saturated rings. The third-order valence-electron chi connectivity index (χ3n) is 4.66. The highest BCUT2D eigenvalue weighted by Crippen LogP contribution is 2.33. The minimum Gasteiger partial charge on any atom is -0.359 e. The van der Waals surface area contributed by atoms with E-state index in [0.717, 1.165) is 11.8 Å². The second-order valence-corrected chi connectivity index (χ2v) is 7.06. The molecule has 1 heterocycles. The van der Waals surface area contributed by atoms with Crippen molar-refractivity contribution in [3.8, 4) is 0 Å². The smallest absolute Gasteiger partial charge is 0.157 e. The van der Waals surface area contributed by atoms with Crippen LogP contribution in [0.5, 0.6) is 0 Å². The molecule has 0 bridgehead atoms. The topological polar surface area (TPSA) is 24.4 Å². The number of thioether (sulfide) groups is 1. The number of rotatable bonds is 2. The Labute approximate surface area is 110 Å². The van der Waals surface area contributed by atoms with E-state index in [0.29, 0.717) is 6.04 Å². The summed E-state index contributed by atoms with van der Waals surface area (Å²) in [5.74, 6) is 2.74. The Morgan fingerprint density at radius 1 is 1.41 bits per heavy atom. The van der Waals surface area contributed by atoms with Crippen LogP contribution in [0.1, 0.15) is 53.4 Å². The normalized spacial score (nSPS) is 44.9. The maximum atomic E-state index is 4.98. The van der Waals surface area contributed by atoms with Crippen molar-refractivity contribution >= 4 is 16.9 Å². The second kappa shape index (κ2) is 5.21. The quantitative estimate of drug-likeness (QED) is 0.813. The van der Waals surface area contributed by atoms with Crippen LogP contribution in [-0.4, -0.2) is 22.5 Å². The monoisotopic (exact) mass is 254 g/mol. The van der Waals surface area contributed by atoms with Gasteiger partial charge in [-0.25, -0.2) is 0 Å². The van der Waals surface area contributed by atoms with E-state index in [1.165, 1.54) is 36.6 Å². The summed E-state index contributed by atoms with van der Waals surface area (Å²) in [5.41, 5.74) is 0.271. The van der Waals surface area contributed by atoms with Crippen molar-refractivity contribution in [3.63, 3.8) is 0 Å². The average molecular weight is 254 g/mol. The van der Waals surface area contributed by atoms with E-state index >= 15 is 0 Å². The van der Waals surface area contributed by atoms with E-state index in [9.17, 15) is 0 Å². The first-order chi connectivity index (χ1) is 8.04. The lowest BCUT2D eigenvalue weighted by atomic mass is 9.78. The van der Waals surface area contributed by atoms with E-state index < -0.39 is 0 Å². The fraction of sp³-hybridized carbons (Fsp3) is 0.929. The predicted molar refractivity (Wildman–Crippen MR) is 77.7 cm³/mol. The van der Waals surface area contributed by atoms with Gasteiger partial charge in [-0.2, -0.15) is 0 Å². The minimum absolute atomic E-state index is 0.271. The predicted octanol–water partition coefficient (Wildman–Crippen LogP) is 3.67. The van der Waals surface area contributed by atoms with Crippen LogP contribution in [-0.2, 0) is 0 Å². The Balaban J connectivity index is 2.00. The molecule has 1 saturated carbocycles. The summed E-state index contributed by atoms with van der Waals surface area (Å²) >= 11 is 1.91. The van der Waals surface area contributed by atoms with Crippen molar-refractivity contribution < 1.29 is 0 Å². The van der Waals surface area contributed by atoms with Gasteiger partial charge < -0.3 is 5.32 Å². The number of amidine groups is 1. The van der Waals surface area contributed by atoms with Crippen LogP contribution in [0, 0.1) is 11.8 Å². The van der Waals surface area contributed by atoms with Crippen molar-refractivity contribution in [2.45, 2.75) is 65.0 Å². The molecule has 2 nitrogen and oxygen atoms in total. The third kappa shape index (κ3) is 2.98. The Morgan fingerprint density at radius 2 is 2.18 bits per heavy atom. The highest BCUT2D eigenvalue weighted by atomic mass is 32.2. The molecule has 0 amide bonds. The summed E-state index contributed by atoms with van der Waals surface area (Å²) in [6.45, 7) is 9.30. The molecule has 17 heavy (non-hydrogen) atoms. The molecule has 1 aliphatic heterocycles. The number of hydrogen-bond donors (Lipinski definition) is 1. The molecule has 0 aromatic rings. The van der Waals surface area contributed by atoms with Crippen LogP contribution in [0.3, 0.4) is 0 Å². The summed E-state index contributed by atoms with van der Waals surface area (Å²) in [4.78, 5) is 4.98. The first kappa shape index (κ1) is 13.3. The van der Waals surface area contributed by atoms with Gasteiger partial charge >= 0.3 is 0 Å². The van der Waals surface area contributed by atoms with Crippen molar-refractivity contribution in [1.29, 1.82) is 0 Å². The van der Waals surface area contributed by atoms with Gasteiger partial charge in [0.25, 0.3) is 0 Å². The highest BCUT2D eigenvalue weighted by molar-refractivity contribution is 8.14. The molecule has 0 aromatic carbocycles. The Bertz CT molecular complexity index is 303. The Hall–Kier alpha value is -0.180. The number of nitrogens with one attached hydrogen (secondary N) is 1. The number of nitrogens with zero attached hydrogens (tertiary/aromatic N) is 1. The van der Waals surface area contributed by atoms with Crippen LogP contribution in [0.2, 0.25) is 0 Å². The standard InChI is InChI=1S/C14H26N2S/c1-5-14(4)9-17-13(16-14)15-12-8-6-7-10(2)11(12)3/h10-12H,5-9H2,1-4H3,(H,15,16). The molecule has 4 atom stereocenters. The van der Waals surface area contributed by atoms with Crippen LogP contribution < -0.4 is 5.32 Å². The van der Waals surface area contributed by atoms with Crippen molar-refractivity contribution in [2.75, 3.05) is 5.75 Å². The summed E-state index contributed by atoms with van der Waals surface area (Å²) in [5, 5.41) is 4.81. The molecule has 0 radical (unpaired) electrons. The summed E-state index contributed by atoms with van der Waals surface area (Å²) in [7, 11) is 0. The lowest BCUT2D eigenvalue weighted by Gasteiger charge is -2.32. The first-order valence-corrected chi connectivity index (χ1v) is 8.01. The van der Waals surface area contributed by atoms with Crippen molar-refractivity contribution in [1.82, 2.24) is 5.32 Å². The largest absolute Gasteiger partial charge is 0.359 e. The average Bonchev–Trinajstić information content (AvgIpc) is 2.68. The second-order valence-electron chi connectivity index (χ2n) is 6.10. The molecule has 98 valence electrons. The molecule has 4 unspecified atom stereocenters. The van der Waals surface area contributed by atoms with E-state index in [1.54, 1.807) is 0 Å². The Kier molecular flexibility index (Phi) is 4.06. The van der Waals surface area contributed by atoms with Crippen LogP contribution in [0.25, 0.3) is 0 Å². The number of aliphatic imine (C=N–C) groups is 1. The van der Waals surface area contributed by atoms with Gasteiger partial charge in [0.05, 0.1) is 6.04 Å². The maximum absolute atomic E-state index is 4.98. The van der Waals surface area contributed by atoms with Crippen molar-refractivity contribution in [3.05, 3.63) is 0 Å². The zero-order chi connectivity index (χ0) is 12.5. The van der Waals surface area contributed by atoms with E-state index in [2.05, 4.69) is 33.0 Å². The van der Waals surface area contributed by atoms with Crippen molar-refractivity contribution in [2.24, 2.45) is 16.8 Å². The zero-order valence-electron chi connectivity index (χ0n) is 11.6. The summed E-state index contributed by atoms with van der Waals surface area (Å²) in [6, 6.07) is 0.549. The third-order valence-corrected chi connectivity index (χ3v) is 5.93. The molecule has 3 heteroatoms. The molecule has 2 aliphatic rings. The molecule has 0 aromatic heterocycles. The SMILES string of the molecule is CCC1(C)CSC(=NC2CCCC(C)C2C)N1. The van der Waals surface area contributed by atoms with Gasteiger partial charge in [-0.15, -0.1) is 0 Å². The van der Waals surface area contributed by atoms with Gasteiger partial charge in [0.15, 0.2) is 5.17 Å². The molecular weight excluding hydrogens is 228 g/mol. The molecule has 0 spiro atoms. The van der Waals surface area contributed by atoms with Crippen LogP contribution in [0.4, 0.5) is 0 Å². The molecule has 2 rings (SSSR count). The fourth-order valence-corrected chi connectivity index (χ4v) is 3.96. The molecule has 1 aliphatic carbocycles. The van der Waals surface area contributed by atoms with Gasteiger partial charge in [0.1, 0.15) is 0 Å². The van der Waals surface area contributed by atoms with Gasteiger partial charge in [0.2, 0.25) is 0 Å². The summed E-state index contributed by atoms with van der Waals surface area (Å²) in [6.07, 6.45) is 5.19. The molecule has 1 N–H and O–H groups in total. The van der Waals surface area contributed by atoms with Gasteiger partial charge in [-0.05, 0) is 31.6 Å². The van der Waals surface area contributed by atoms with E-state index in [1.807, 2.05) is 11.8 Å². The lowest BCUT2D eigenvalue weighted by Crippen LogP contribution is -2.40. The Morgan fingerprint density at radius 3 is 2.82 bits per heavy atom. The van der Waals surface area contributed by atoms with E-state index in [-0.39, 0.29) is 5.54 Å². The van der Waals surface area contributed by atoms with Gasteiger partial charge in [0, 0.05) is 11.3 Å². The van der Waals surface area contributed by atoms with Gasteiger partial charge in [-0.1, -0.05) is 45.4 Å². The summed E-state index contributed by atoms with van der Waals surface area (Å²) < 4.78 is 0. The van der Waals surface area contributed by atoms with Crippen LogP contribution >= 0.6 is 11.8 Å². The highest BCUT2D eigenvalue weighted by Gasteiger charge is 2.33. The maximum Gasteiger partial charge on any atom is 0.157 e. The molecular formula is C14H26N2S. The van der Waals surface area contributed by atoms with Crippen LogP contribution in [0.15, 0.2) is 4.99 Å². The molecule has 1 saturated heterocycles. The fourth-order valence-electron chi connectivity index (χ4n) is 2.70. The lowest BCUT2D eigenvalue weighted by molar-refractivity contribution is 0.241. The van der Waals surface area contributed by atoms with E-state index in [4.69, 9.17) is 4.99 Å². The zero-order valence-corrected chi connectivity index (χ0v) is 12.4. The minimum atomic E-state index is 0.271. The first-order valence-electron chi connectivity index (χ1n) is 7.03. The van der Waals surface area contributed by atoms with Gasteiger partial charge in [-0.3, -0.25) is 4.99 Å². The number of hydrogen-bond acceptors (Lipinski definition) is 2.